The third kappa shape index (κ3) is 11.2. The number of anilines is 3. The average molecular weight is 1150 g/mol. The van der Waals surface area contributed by atoms with Gasteiger partial charge in [-0.25, -0.2) is 0 Å². The lowest BCUT2D eigenvalue weighted by Crippen LogP contribution is -2.48. The molecule has 0 aliphatic heterocycles. The zero-order valence-corrected chi connectivity index (χ0v) is 46.7. The quantitative estimate of drug-likeness (QED) is 0.0859. The van der Waals surface area contributed by atoms with E-state index in [4.69, 9.17) is 14.9 Å². The molecule has 0 saturated heterocycles. The van der Waals surface area contributed by atoms with Crippen molar-refractivity contribution in [2.45, 2.75) is 136 Å². The van der Waals surface area contributed by atoms with Crippen molar-refractivity contribution in [2.75, 3.05) is 11.5 Å². The van der Waals surface area contributed by atoms with Gasteiger partial charge >= 0.3 is 0 Å². The summed E-state index contributed by atoms with van der Waals surface area (Å²) >= 11 is 15.2. The fourth-order valence-electron chi connectivity index (χ4n) is 9.81. The van der Waals surface area contributed by atoms with Gasteiger partial charge in [-0.2, -0.15) is 4.80 Å². The van der Waals surface area contributed by atoms with Crippen LogP contribution in [0.4, 0.5) is 17.1 Å². The van der Waals surface area contributed by atoms with Crippen molar-refractivity contribution in [1.82, 2.24) is 15.0 Å². The Balaban J connectivity index is 0.000000220. The molecule has 8 rings (SSSR count). The maximum atomic E-state index is 5.60. The fraction of sp³-hybridized carbons (Fsp3) is 0.379. The van der Waals surface area contributed by atoms with E-state index < -0.39 is 0 Å². The van der Waals surface area contributed by atoms with E-state index in [9.17, 15) is 0 Å². The molecule has 0 saturated carbocycles. The van der Waals surface area contributed by atoms with Gasteiger partial charge in [-0.1, -0.05) is 148 Å². The first-order valence-corrected chi connectivity index (χ1v) is 27.6. The summed E-state index contributed by atoms with van der Waals surface area (Å²) in [6.07, 6.45) is 14.5. The van der Waals surface area contributed by atoms with E-state index in [0.29, 0.717) is 6.61 Å². The van der Waals surface area contributed by atoms with Crippen molar-refractivity contribution in [3.05, 3.63) is 155 Å². The first-order chi connectivity index (χ1) is 32.4. The molecule has 1 heterocycles. The number of fused-ring (bicyclic) bond motifs is 4. The largest absolute Gasteiger partial charge is 0.494 e. The second-order valence-electron chi connectivity index (χ2n) is 18.4. The van der Waals surface area contributed by atoms with Gasteiger partial charge < -0.3 is 9.64 Å². The molecule has 7 aromatic rings. The standard InChI is InChI=1S/C34H36Br2N4O.C24H30Br2/c1-4-7-9-24-11-15-26(16-12-24)39(27-17-13-25(14-18-27)10-8-5-2)31-23-30(35)33-34(32(31)36)38-40(37-33)28-19-21-29(22-20-28)41-6-3;1-5-7-13-23(3)21-15-17(25)9-11-19(21)20-12-10-18(26)16-22(20)24(23,4)14-8-6-2/h11-23H,4-10H2,1-3H3;9-12,15-16H,5-8,13-14H2,1-4H3. The topological polar surface area (TPSA) is 43.2 Å². The van der Waals surface area contributed by atoms with Crippen LogP contribution >= 0.6 is 63.7 Å². The van der Waals surface area contributed by atoms with Crippen LogP contribution in [-0.2, 0) is 23.7 Å². The van der Waals surface area contributed by atoms with Gasteiger partial charge in [0, 0.05) is 35.6 Å². The van der Waals surface area contributed by atoms with Crippen LogP contribution in [0.25, 0.3) is 27.8 Å². The Labute approximate surface area is 434 Å². The molecule has 1 aliphatic carbocycles. The summed E-state index contributed by atoms with van der Waals surface area (Å²) < 4.78 is 9.76. The molecule has 0 amide bonds. The van der Waals surface area contributed by atoms with Crippen LogP contribution < -0.4 is 9.64 Å². The summed E-state index contributed by atoms with van der Waals surface area (Å²) in [5.74, 6) is 0.828. The number of unbranched alkanes of at least 4 members (excludes halogenated alkanes) is 4. The third-order valence-electron chi connectivity index (χ3n) is 13.9. The van der Waals surface area contributed by atoms with Gasteiger partial charge in [-0.15, -0.1) is 10.2 Å². The molecule has 1 aliphatic rings. The molecule has 2 unspecified atom stereocenters. The Morgan fingerprint density at radius 3 is 1.45 bits per heavy atom. The second kappa shape index (κ2) is 23.2. The van der Waals surface area contributed by atoms with Gasteiger partial charge in [0.05, 0.1) is 22.5 Å². The lowest BCUT2D eigenvalue weighted by molar-refractivity contribution is 0.207. The molecule has 1 aromatic heterocycles. The van der Waals surface area contributed by atoms with E-state index in [-0.39, 0.29) is 10.8 Å². The van der Waals surface area contributed by atoms with Crippen LogP contribution in [0.2, 0.25) is 0 Å². The molecule has 9 heteroatoms. The van der Waals surface area contributed by atoms with Crippen LogP contribution in [0.3, 0.4) is 0 Å². The predicted octanol–water partition coefficient (Wildman–Crippen LogP) is 19.3. The number of hydrogen-bond acceptors (Lipinski definition) is 4. The summed E-state index contributed by atoms with van der Waals surface area (Å²) in [4.78, 5) is 3.96. The highest BCUT2D eigenvalue weighted by atomic mass is 79.9. The number of rotatable bonds is 18. The Morgan fingerprint density at radius 2 is 1.00 bits per heavy atom. The zero-order valence-electron chi connectivity index (χ0n) is 40.4. The van der Waals surface area contributed by atoms with Gasteiger partial charge in [0.2, 0.25) is 0 Å². The number of ether oxygens (including phenoxy) is 1. The fourth-order valence-corrected chi connectivity index (χ4v) is 11.6. The van der Waals surface area contributed by atoms with Crippen LogP contribution in [-0.4, -0.2) is 21.6 Å². The first-order valence-electron chi connectivity index (χ1n) is 24.5. The normalized spacial score (nSPS) is 16.3. The minimum absolute atomic E-state index is 0.144. The summed E-state index contributed by atoms with van der Waals surface area (Å²) in [6.45, 7) is 16.7. The number of halogens is 4. The molecule has 0 bridgehead atoms. The Hall–Kier alpha value is -3.76. The van der Waals surface area contributed by atoms with Crippen molar-refractivity contribution >= 4 is 91.8 Å². The molecule has 0 radical (unpaired) electrons. The van der Waals surface area contributed by atoms with Gasteiger partial charge in [-0.3, -0.25) is 0 Å². The van der Waals surface area contributed by atoms with E-state index >= 15 is 0 Å². The number of benzene rings is 6. The van der Waals surface area contributed by atoms with Crippen LogP contribution in [0.1, 0.15) is 135 Å². The average Bonchev–Trinajstić information content (AvgIpc) is 3.81. The smallest absolute Gasteiger partial charge is 0.131 e. The molecule has 0 fully saturated rings. The minimum atomic E-state index is 0.144. The summed E-state index contributed by atoms with van der Waals surface area (Å²) in [7, 11) is 0. The Kier molecular flexibility index (Phi) is 17.7. The van der Waals surface area contributed by atoms with E-state index in [2.05, 4.69) is 201 Å². The molecule has 67 heavy (non-hydrogen) atoms. The lowest BCUT2D eigenvalue weighted by Gasteiger charge is -2.53. The summed E-state index contributed by atoms with van der Waals surface area (Å²) in [6, 6.07) is 41.6. The summed E-state index contributed by atoms with van der Waals surface area (Å²) in [5.41, 5.74) is 14.5. The van der Waals surface area contributed by atoms with Gasteiger partial charge in [0.25, 0.3) is 0 Å². The van der Waals surface area contributed by atoms with E-state index in [1.807, 2.05) is 31.2 Å². The number of aryl methyl sites for hydroxylation is 2. The van der Waals surface area contributed by atoms with Gasteiger partial charge in [0.15, 0.2) is 0 Å². The minimum Gasteiger partial charge on any atom is -0.494 e. The number of aromatic nitrogens is 3. The Morgan fingerprint density at radius 1 is 0.537 bits per heavy atom. The highest BCUT2D eigenvalue weighted by Gasteiger charge is 2.50. The lowest BCUT2D eigenvalue weighted by atomic mass is 9.51. The van der Waals surface area contributed by atoms with E-state index in [1.54, 1.807) is 4.80 Å². The number of hydrogen-bond donors (Lipinski definition) is 0. The van der Waals surface area contributed by atoms with Gasteiger partial charge in [-0.05, 0) is 190 Å². The first kappa shape index (κ1) is 51.1. The molecule has 5 nitrogen and oxygen atoms in total. The van der Waals surface area contributed by atoms with Crippen molar-refractivity contribution in [3.8, 4) is 22.6 Å². The van der Waals surface area contributed by atoms with Crippen molar-refractivity contribution in [2.24, 2.45) is 0 Å². The highest BCUT2D eigenvalue weighted by molar-refractivity contribution is 9.11. The maximum Gasteiger partial charge on any atom is 0.131 e. The van der Waals surface area contributed by atoms with Crippen LogP contribution in [0, 0.1) is 0 Å². The Bertz CT molecular complexity index is 2610. The predicted molar refractivity (Wildman–Crippen MR) is 298 cm³/mol. The summed E-state index contributed by atoms with van der Waals surface area (Å²) in [5, 5.41) is 9.72. The highest BCUT2D eigenvalue weighted by Crippen LogP contribution is 2.59. The molecule has 6 aromatic carbocycles. The molecular weight excluding hydrogens is 1090 g/mol. The monoisotopic (exact) mass is 1150 g/mol. The maximum absolute atomic E-state index is 5.60. The van der Waals surface area contributed by atoms with Gasteiger partial charge in [0.1, 0.15) is 16.8 Å². The van der Waals surface area contributed by atoms with Crippen LogP contribution in [0.5, 0.6) is 5.75 Å². The second-order valence-corrected chi connectivity index (χ2v) is 21.9. The van der Waals surface area contributed by atoms with Crippen molar-refractivity contribution in [1.29, 1.82) is 0 Å². The van der Waals surface area contributed by atoms with Crippen LogP contribution in [0.15, 0.2) is 133 Å². The van der Waals surface area contributed by atoms with Crippen molar-refractivity contribution < 1.29 is 4.74 Å². The van der Waals surface area contributed by atoms with E-state index in [1.165, 1.54) is 107 Å². The molecule has 352 valence electrons. The SMILES string of the molecule is CCCCC1(C)c2cc(Br)ccc2-c2ccc(Br)cc2C1(C)CCCC.CCCCc1ccc(N(c2ccc(CCCC)cc2)c2cc(Br)c3nn(-c4ccc(OCC)cc4)nc3c2Br)cc1. The number of nitrogens with zero attached hydrogens (tertiary/aromatic N) is 4. The third-order valence-corrected chi connectivity index (χ3v) is 16.3. The molecule has 0 N–H and O–H groups in total. The molecule has 0 spiro atoms. The zero-order chi connectivity index (χ0) is 47.7. The molecular formula is C58H66Br4N4O. The molecule has 2 atom stereocenters. The van der Waals surface area contributed by atoms with E-state index in [0.717, 1.165) is 61.3 Å². The van der Waals surface area contributed by atoms with Crippen molar-refractivity contribution in [3.63, 3.8) is 0 Å².